The van der Waals surface area contributed by atoms with E-state index in [0.717, 1.165) is 34.7 Å². The third-order valence-electron chi connectivity index (χ3n) is 4.87. The fraction of sp³-hybridized carbons (Fsp3) is 0.350. The second-order valence-corrected chi connectivity index (χ2v) is 8.06. The summed E-state index contributed by atoms with van der Waals surface area (Å²) in [5.41, 5.74) is 1.68. The molecular formula is C20H21N3O3S. The Hall–Kier alpha value is -2.67. The van der Waals surface area contributed by atoms with E-state index in [2.05, 4.69) is 10.3 Å². The Bertz CT molecular complexity index is 937. The average molecular weight is 383 g/mol. The average Bonchev–Trinajstić information content (AvgIpc) is 3.32. The van der Waals surface area contributed by atoms with Gasteiger partial charge in [0, 0.05) is 23.9 Å². The molecule has 7 heteroatoms. The SMILES string of the molecule is Cc1ccc(C(=O)NCC(=O)N2CCC(c3nc4ccccc4o3)CC2)s1. The van der Waals surface area contributed by atoms with E-state index >= 15 is 0 Å². The Kier molecular flexibility index (Phi) is 4.94. The summed E-state index contributed by atoms with van der Waals surface area (Å²) < 4.78 is 5.86. The van der Waals surface area contributed by atoms with Gasteiger partial charge in [0.1, 0.15) is 5.52 Å². The Balaban J connectivity index is 1.29. The number of fused-ring (bicyclic) bond motifs is 1. The number of para-hydroxylation sites is 2. The molecule has 1 aromatic carbocycles. The lowest BCUT2D eigenvalue weighted by Gasteiger charge is -2.30. The number of rotatable bonds is 4. The summed E-state index contributed by atoms with van der Waals surface area (Å²) in [5, 5.41) is 2.72. The highest BCUT2D eigenvalue weighted by Crippen LogP contribution is 2.29. The summed E-state index contributed by atoms with van der Waals surface area (Å²) in [5.74, 6) is 0.741. The molecule has 2 amide bonds. The van der Waals surface area contributed by atoms with Crippen LogP contribution in [0.25, 0.3) is 11.1 Å². The third kappa shape index (κ3) is 3.88. The normalized spacial score (nSPS) is 15.2. The predicted octanol–water partition coefficient (Wildman–Crippen LogP) is 3.33. The number of hydrogen-bond acceptors (Lipinski definition) is 5. The zero-order chi connectivity index (χ0) is 18.8. The highest BCUT2D eigenvalue weighted by Gasteiger charge is 2.27. The van der Waals surface area contributed by atoms with Crippen LogP contribution in [0.1, 0.15) is 39.2 Å². The quantitative estimate of drug-likeness (QED) is 0.750. The van der Waals surface area contributed by atoms with E-state index in [9.17, 15) is 9.59 Å². The van der Waals surface area contributed by atoms with Gasteiger partial charge in [-0.1, -0.05) is 12.1 Å². The van der Waals surface area contributed by atoms with Crippen molar-refractivity contribution in [1.29, 1.82) is 0 Å². The molecule has 1 N–H and O–H groups in total. The van der Waals surface area contributed by atoms with Crippen molar-refractivity contribution in [3.05, 3.63) is 52.0 Å². The first kappa shape index (κ1) is 17.7. The molecule has 4 rings (SSSR count). The zero-order valence-electron chi connectivity index (χ0n) is 15.1. The van der Waals surface area contributed by atoms with Crippen LogP contribution in [0, 0.1) is 6.92 Å². The number of oxazole rings is 1. The maximum atomic E-state index is 12.4. The van der Waals surface area contributed by atoms with E-state index in [-0.39, 0.29) is 24.3 Å². The number of amides is 2. The number of carbonyl (C=O) groups is 2. The van der Waals surface area contributed by atoms with Gasteiger partial charge in [0.25, 0.3) is 5.91 Å². The second kappa shape index (κ2) is 7.52. The van der Waals surface area contributed by atoms with Gasteiger partial charge in [-0.25, -0.2) is 4.98 Å². The van der Waals surface area contributed by atoms with Gasteiger partial charge in [0.05, 0.1) is 11.4 Å². The largest absolute Gasteiger partial charge is 0.440 e. The molecule has 2 aromatic heterocycles. The molecule has 0 aliphatic carbocycles. The highest BCUT2D eigenvalue weighted by atomic mass is 32.1. The molecule has 1 saturated heterocycles. The van der Waals surface area contributed by atoms with Crippen molar-refractivity contribution >= 4 is 34.3 Å². The Morgan fingerprint density at radius 3 is 2.70 bits per heavy atom. The van der Waals surface area contributed by atoms with Gasteiger partial charge in [-0.15, -0.1) is 11.3 Å². The number of nitrogens with zero attached hydrogens (tertiary/aromatic N) is 2. The number of hydrogen-bond donors (Lipinski definition) is 1. The molecule has 0 spiro atoms. The van der Waals surface area contributed by atoms with Crippen LogP contribution in [0.15, 0.2) is 40.8 Å². The molecule has 0 unspecified atom stereocenters. The molecule has 1 aliphatic heterocycles. The molecule has 6 nitrogen and oxygen atoms in total. The lowest BCUT2D eigenvalue weighted by molar-refractivity contribution is -0.131. The predicted molar refractivity (Wildman–Crippen MR) is 104 cm³/mol. The summed E-state index contributed by atoms with van der Waals surface area (Å²) in [6, 6.07) is 11.4. The lowest BCUT2D eigenvalue weighted by atomic mass is 9.97. The Morgan fingerprint density at radius 2 is 2.00 bits per heavy atom. The van der Waals surface area contributed by atoms with Gasteiger partial charge >= 0.3 is 0 Å². The van der Waals surface area contributed by atoms with Gasteiger partial charge in [0.15, 0.2) is 11.5 Å². The topological polar surface area (TPSA) is 75.4 Å². The monoisotopic (exact) mass is 383 g/mol. The minimum absolute atomic E-state index is 0.0311. The first-order chi connectivity index (χ1) is 13.1. The van der Waals surface area contributed by atoms with Gasteiger partial charge in [0.2, 0.25) is 5.91 Å². The molecule has 0 radical (unpaired) electrons. The van der Waals surface area contributed by atoms with E-state index in [0.29, 0.717) is 18.0 Å². The molecule has 0 bridgehead atoms. The van der Waals surface area contributed by atoms with Crippen LogP contribution in [-0.2, 0) is 4.79 Å². The number of thiophene rings is 1. The molecule has 1 fully saturated rings. The number of carbonyl (C=O) groups excluding carboxylic acids is 2. The van der Waals surface area contributed by atoms with Crippen LogP contribution in [0.2, 0.25) is 0 Å². The number of aryl methyl sites for hydroxylation is 1. The minimum atomic E-state index is -0.192. The summed E-state index contributed by atoms with van der Waals surface area (Å²) in [7, 11) is 0. The molecule has 3 heterocycles. The number of nitrogens with one attached hydrogen (secondary N) is 1. The minimum Gasteiger partial charge on any atom is -0.440 e. The molecule has 1 aliphatic rings. The van der Waals surface area contributed by atoms with Gasteiger partial charge in [-0.05, 0) is 44.0 Å². The van der Waals surface area contributed by atoms with Gasteiger partial charge < -0.3 is 14.6 Å². The first-order valence-electron chi connectivity index (χ1n) is 9.08. The van der Waals surface area contributed by atoms with Gasteiger partial charge in [-0.3, -0.25) is 9.59 Å². The Morgan fingerprint density at radius 1 is 1.22 bits per heavy atom. The van der Waals surface area contributed by atoms with Crippen molar-refractivity contribution in [2.24, 2.45) is 0 Å². The molecule has 0 saturated carbocycles. The Labute approximate surface area is 161 Å². The molecule has 140 valence electrons. The van der Waals surface area contributed by atoms with E-state index in [1.807, 2.05) is 37.3 Å². The summed E-state index contributed by atoms with van der Waals surface area (Å²) >= 11 is 1.43. The van der Waals surface area contributed by atoms with Crippen molar-refractivity contribution in [1.82, 2.24) is 15.2 Å². The smallest absolute Gasteiger partial charge is 0.261 e. The van der Waals surface area contributed by atoms with Crippen LogP contribution in [0.3, 0.4) is 0 Å². The summed E-state index contributed by atoms with van der Waals surface area (Å²) in [4.78, 5) is 32.6. The summed E-state index contributed by atoms with van der Waals surface area (Å²) in [6.45, 7) is 3.28. The fourth-order valence-corrected chi connectivity index (χ4v) is 4.14. The number of likely N-dealkylation sites (tertiary alicyclic amines) is 1. The standard InChI is InChI=1S/C20H21N3O3S/c1-13-6-7-17(27-13)19(25)21-12-18(24)23-10-8-14(9-11-23)20-22-15-4-2-3-5-16(15)26-20/h2-7,14H,8-12H2,1H3,(H,21,25). The molecule has 0 atom stereocenters. The third-order valence-corrected chi connectivity index (χ3v) is 5.87. The van der Waals surface area contributed by atoms with E-state index in [1.165, 1.54) is 11.3 Å². The van der Waals surface area contributed by atoms with E-state index in [1.54, 1.807) is 11.0 Å². The van der Waals surface area contributed by atoms with Crippen LogP contribution < -0.4 is 5.32 Å². The fourth-order valence-electron chi connectivity index (χ4n) is 3.35. The van der Waals surface area contributed by atoms with Crippen LogP contribution in [-0.4, -0.2) is 41.3 Å². The van der Waals surface area contributed by atoms with Crippen molar-refractivity contribution in [3.63, 3.8) is 0 Å². The van der Waals surface area contributed by atoms with Crippen molar-refractivity contribution < 1.29 is 14.0 Å². The van der Waals surface area contributed by atoms with E-state index in [4.69, 9.17) is 4.42 Å². The first-order valence-corrected chi connectivity index (χ1v) is 9.89. The second-order valence-electron chi connectivity index (χ2n) is 6.77. The van der Waals surface area contributed by atoms with Crippen molar-refractivity contribution in [3.8, 4) is 0 Å². The van der Waals surface area contributed by atoms with Gasteiger partial charge in [-0.2, -0.15) is 0 Å². The number of aromatic nitrogens is 1. The number of benzene rings is 1. The van der Waals surface area contributed by atoms with Crippen LogP contribution >= 0.6 is 11.3 Å². The lowest BCUT2D eigenvalue weighted by Crippen LogP contribution is -2.43. The molecular weight excluding hydrogens is 362 g/mol. The highest BCUT2D eigenvalue weighted by molar-refractivity contribution is 7.13. The van der Waals surface area contributed by atoms with Crippen LogP contribution in [0.5, 0.6) is 0 Å². The summed E-state index contributed by atoms with van der Waals surface area (Å²) in [6.07, 6.45) is 1.63. The molecule has 3 aromatic rings. The zero-order valence-corrected chi connectivity index (χ0v) is 15.9. The van der Waals surface area contributed by atoms with Crippen molar-refractivity contribution in [2.45, 2.75) is 25.7 Å². The maximum Gasteiger partial charge on any atom is 0.261 e. The van der Waals surface area contributed by atoms with E-state index < -0.39 is 0 Å². The molecule has 27 heavy (non-hydrogen) atoms. The maximum absolute atomic E-state index is 12.4. The van der Waals surface area contributed by atoms with Crippen molar-refractivity contribution in [2.75, 3.05) is 19.6 Å². The number of piperidine rings is 1. The van der Waals surface area contributed by atoms with Crippen LogP contribution in [0.4, 0.5) is 0 Å².